The summed E-state index contributed by atoms with van der Waals surface area (Å²) in [4.78, 5) is 92.1. The molecule has 2 saturated heterocycles. The summed E-state index contributed by atoms with van der Waals surface area (Å²) in [5.74, 6) is -1.13. The molecule has 93 heavy (non-hydrogen) atoms. The zero-order valence-electron chi connectivity index (χ0n) is 54.5. The molecular formula is C71H92N10O11S. The summed E-state index contributed by atoms with van der Waals surface area (Å²) in [6.45, 7) is 12.4. The maximum absolute atomic E-state index is 14.9. The zero-order valence-corrected chi connectivity index (χ0v) is 55.4. The van der Waals surface area contributed by atoms with Gasteiger partial charge in [-0.1, -0.05) is 87.5 Å². The van der Waals surface area contributed by atoms with E-state index in [1.54, 1.807) is 58.3 Å². The van der Waals surface area contributed by atoms with Gasteiger partial charge in [0.05, 0.1) is 23.7 Å². The van der Waals surface area contributed by atoms with Crippen LogP contribution in [0.15, 0.2) is 115 Å². The maximum Gasteiger partial charge on any atom is 0.340 e. The lowest BCUT2D eigenvalue weighted by Crippen LogP contribution is -2.61. The van der Waals surface area contributed by atoms with E-state index in [0.29, 0.717) is 100 Å². The van der Waals surface area contributed by atoms with Crippen molar-refractivity contribution in [3.05, 3.63) is 149 Å². The Labute approximate surface area is 551 Å². The molecule has 7 atom stereocenters. The lowest BCUT2D eigenvalue weighted by Gasteiger charge is -2.42. The smallest absolute Gasteiger partial charge is 0.340 e. The van der Waals surface area contributed by atoms with Gasteiger partial charge in [-0.25, -0.2) is 4.79 Å². The molecule has 22 heteroatoms. The topological polar surface area (TPSA) is 267 Å². The van der Waals surface area contributed by atoms with E-state index in [0.717, 1.165) is 24.0 Å². The SMILES string of the molecule is CNC(C)C(=O)NC(CCCNC(=S)Nc1ccc2c(c1)C(=O)OC21c2ccc(O)cc2Oc2cc(O)ccc21)C(=O)N1CCCC1CN(CCc1ccccc1)C(=O)CCCC(=O)N(CCc1ccccc1)CC1CCCN1C(O)C(NC(=O)C(C)NC)C(C)(C)C. The number of likely N-dealkylation sites (tertiary alicyclic amines) is 2. The predicted octanol–water partition coefficient (Wildman–Crippen LogP) is 7.05. The molecule has 0 radical (unpaired) electrons. The van der Waals surface area contributed by atoms with Crippen molar-refractivity contribution in [3.8, 4) is 23.0 Å². The first-order chi connectivity index (χ1) is 44.6. The van der Waals surface area contributed by atoms with Crippen molar-refractivity contribution in [1.29, 1.82) is 0 Å². The van der Waals surface area contributed by atoms with Gasteiger partial charge in [-0.15, -0.1) is 0 Å². The first kappa shape index (κ1) is 69.2. The van der Waals surface area contributed by atoms with E-state index in [9.17, 15) is 44.1 Å². The minimum absolute atomic E-state index is 0.0482. The Bertz CT molecular complexity index is 3410. The van der Waals surface area contributed by atoms with Gasteiger partial charge in [-0.2, -0.15) is 0 Å². The number of hydrogen-bond donors (Lipinski definition) is 9. The number of nitrogens with zero attached hydrogens (tertiary/aromatic N) is 4. The summed E-state index contributed by atoms with van der Waals surface area (Å²) < 4.78 is 12.3. The Morgan fingerprint density at radius 3 is 1.81 bits per heavy atom. The van der Waals surface area contributed by atoms with Crippen molar-refractivity contribution in [2.75, 3.05) is 65.2 Å². The van der Waals surface area contributed by atoms with E-state index in [2.05, 4.69) is 31.9 Å². The van der Waals surface area contributed by atoms with Gasteiger partial charge in [0.1, 0.15) is 35.3 Å². The Hall–Kier alpha value is -8.15. The molecule has 0 saturated carbocycles. The number of likely N-dealkylation sites (N-methyl/N-ethyl adjacent to an activating group) is 2. The molecule has 498 valence electrons. The van der Waals surface area contributed by atoms with E-state index in [1.807, 2.05) is 101 Å². The van der Waals surface area contributed by atoms with Crippen LogP contribution in [0.2, 0.25) is 0 Å². The van der Waals surface area contributed by atoms with E-state index in [1.165, 1.54) is 24.3 Å². The van der Waals surface area contributed by atoms with E-state index >= 15 is 0 Å². The number of hydrogen-bond acceptors (Lipinski definition) is 15. The van der Waals surface area contributed by atoms with Gasteiger partial charge in [-0.05, 0) is 151 Å². The molecule has 0 aromatic heterocycles. The number of aliphatic hydroxyl groups excluding tert-OH is 1. The molecule has 2 fully saturated rings. The van der Waals surface area contributed by atoms with E-state index in [-0.39, 0.29) is 101 Å². The van der Waals surface area contributed by atoms with Crippen LogP contribution in [0.1, 0.15) is 131 Å². The molecule has 4 aliphatic heterocycles. The first-order valence-electron chi connectivity index (χ1n) is 32.7. The lowest BCUT2D eigenvalue weighted by atomic mass is 9.77. The second-order valence-electron chi connectivity index (χ2n) is 26.0. The molecule has 0 aliphatic carbocycles. The molecule has 0 bridgehead atoms. The van der Waals surface area contributed by atoms with Crippen LogP contribution in [0.5, 0.6) is 23.0 Å². The van der Waals surface area contributed by atoms with Gasteiger partial charge in [0.25, 0.3) is 0 Å². The van der Waals surface area contributed by atoms with Crippen LogP contribution in [-0.2, 0) is 47.2 Å². The van der Waals surface area contributed by atoms with Crippen LogP contribution in [0.25, 0.3) is 0 Å². The summed E-state index contributed by atoms with van der Waals surface area (Å²) in [6, 6.07) is 31.3. The van der Waals surface area contributed by atoms with Gasteiger partial charge in [0, 0.05) is 105 Å². The van der Waals surface area contributed by atoms with Crippen molar-refractivity contribution in [2.24, 2.45) is 5.41 Å². The van der Waals surface area contributed by atoms with Crippen molar-refractivity contribution in [3.63, 3.8) is 0 Å². The molecular weight excluding hydrogens is 1200 g/mol. The fourth-order valence-electron chi connectivity index (χ4n) is 13.1. The molecule has 7 unspecified atom stereocenters. The summed E-state index contributed by atoms with van der Waals surface area (Å²) in [6.07, 6.45) is 4.43. The highest BCUT2D eigenvalue weighted by Crippen LogP contribution is 2.57. The number of phenolic OH excluding ortho intramolecular Hbond substituents is 2. The normalized spacial score (nSPS) is 17.9. The number of rotatable bonds is 28. The summed E-state index contributed by atoms with van der Waals surface area (Å²) >= 11 is 5.73. The largest absolute Gasteiger partial charge is 0.508 e. The van der Waals surface area contributed by atoms with Crippen LogP contribution in [0, 0.1) is 5.41 Å². The molecule has 9 N–H and O–H groups in total. The zero-order chi connectivity index (χ0) is 66.6. The number of ether oxygens (including phenoxy) is 2. The minimum atomic E-state index is -1.42. The number of nitrogens with one attached hydrogen (secondary N) is 6. The number of amides is 5. The number of fused-ring (bicyclic) bond motifs is 6. The predicted molar refractivity (Wildman–Crippen MR) is 360 cm³/mol. The highest BCUT2D eigenvalue weighted by atomic mass is 32.1. The number of phenols is 2. The number of thiocarbonyl (C=S) groups is 1. The number of anilines is 1. The Morgan fingerprint density at radius 2 is 1.24 bits per heavy atom. The highest BCUT2D eigenvalue weighted by molar-refractivity contribution is 7.80. The van der Waals surface area contributed by atoms with Gasteiger partial charge in [0.15, 0.2) is 10.7 Å². The minimum Gasteiger partial charge on any atom is -0.508 e. The van der Waals surface area contributed by atoms with Crippen LogP contribution in [0.3, 0.4) is 0 Å². The second-order valence-corrected chi connectivity index (χ2v) is 26.4. The summed E-state index contributed by atoms with van der Waals surface area (Å²) in [7, 11) is 3.40. The van der Waals surface area contributed by atoms with E-state index < -0.39 is 47.4 Å². The lowest BCUT2D eigenvalue weighted by molar-refractivity contribution is -0.140. The van der Waals surface area contributed by atoms with Gasteiger partial charge in [0.2, 0.25) is 29.5 Å². The third kappa shape index (κ3) is 16.8. The van der Waals surface area contributed by atoms with Gasteiger partial charge >= 0.3 is 5.97 Å². The van der Waals surface area contributed by atoms with Crippen LogP contribution in [-0.4, -0.2) is 178 Å². The third-order valence-corrected chi connectivity index (χ3v) is 18.8. The molecule has 21 nitrogen and oxygen atoms in total. The number of aliphatic hydroxyl groups is 1. The number of esters is 1. The quantitative estimate of drug-likeness (QED) is 0.0138. The fourth-order valence-corrected chi connectivity index (χ4v) is 13.3. The second kappa shape index (κ2) is 31.2. The molecule has 4 heterocycles. The Morgan fingerprint density at radius 1 is 0.699 bits per heavy atom. The number of benzene rings is 5. The van der Waals surface area contributed by atoms with Crippen LogP contribution < -0.4 is 36.6 Å². The fraction of sp³-hybridized carbons (Fsp3) is 0.479. The van der Waals surface area contributed by atoms with Gasteiger partial charge < -0.3 is 71.4 Å². The molecule has 5 amide bonds. The molecule has 4 aliphatic rings. The van der Waals surface area contributed by atoms with Crippen molar-refractivity contribution in [2.45, 2.75) is 153 Å². The molecule has 5 aromatic carbocycles. The number of carbonyl (C=O) groups is 6. The highest BCUT2D eigenvalue weighted by Gasteiger charge is 2.54. The average Bonchev–Trinajstić information content (AvgIpc) is 1.62. The summed E-state index contributed by atoms with van der Waals surface area (Å²) in [5.41, 5.74) is 2.57. The van der Waals surface area contributed by atoms with Gasteiger partial charge in [-0.3, -0.25) is 28.9 Å². The average molecular weight is 1290 g/mol. The monoisotopic (exact) mass is 1290 g/mol. The summed E-state index contributed by atoms with van der Waals surface area (Å²) in [5, 5.41) is 51.4. The third-order valence-electron chi connectivity index (χ3n) is 18.6. The first-order valence-corrected chi connectivity index (χ1v) is 33.1. The van der Waals surface area contributed by atoms with Crippen molar-refractivity contribution >= 4 is 58.5 Å². The Kier molecular flexibility index (Phi) is 23.2. The van der Waals surface area contributed by atoms with Crippen LogP contribution in [0.4, 0.5) is 5.69 Å². The number of aromatic hydroxyl groups is 2. The van der Waals surface area contributed by atoms with Crippen molar-refractivity contribution < 1.29 is 53.6 Å². The molecule has 5 aromatic rings. The maximum atomic E-state index is 14.9. The molecule has 1 spiro atoms. The van der Waals surface area contributed by atoms with Crippen molar-refractivity contribution in [1.82, 2.24) is 46.2 Å². The van der Waals surface area contributed by atoms with Crippen LogP contribution >= 0.6 is 12.2 Å². The number of carbonyl (C=O) groups excluding carboxylic acids is 6. The Balaban J connectivity index is 0.836. The standard InChI is InChI=1S/C71H92N10O11S/c1-45(72-6)64(86)76-58(24-15-35-74-69(93)75-49-27-30-55-54(40-49)68(90)92-71(55)56-31-28-52(82)41-59(56)91-60-42-53(83)29-32-57(60)71)66(88)80-36-16-22-50(80)43-78(38-33-47-18-10-8-11-19-47)61(84)25-14-26-62(85)79(39-34-48-20-12-9-13-21-48)44-51-23-17-37-81(51)67(89)63(70(3,4)5)77-65(87)46(2)73-7/h8-13,18-21,27-32,40-42,45-46,50-51,58,63,67,72-73,82-83,89H,14-17,22-26,33-39,43-44H2,1-7H3,(H,76,86)(H,77,87)(H2,74,75,93). The molecule has 9 rings (SSSR count). The van der Waals surface area contributed by atoms with E-state index in [4.69, 9.17) is 21.7 Å².